The molecule has 0 aliphatic rings. The van der Waals surface area contributed by atoms with Crippen molar-refractivity contribution in [2.45, 2.75) is 15.8 Å². The van der Waals surface area contributed by atoms with Gasteiger partial charge >= 0.3 is 0 Å². The first-order valence-corrected chi connectivity index (χ1v) is 9.86. The van der Waals surface area contributed by atoms with E-state index in [0.717, 1.165) is 23.8 Å². The molecule has 0 fully saturated rings. The fourth-order valence-electron chi connectivity index (χ4n) is 1.95. The average Bonchev–Trinajstić information content (AvgIpc) is 3.00. The molecule has 2 aromatic carbocycles. The second-order valence-electron chi connectivity index (χ2n) is 4.92. The molecule has 0 spiro atoms. The van der Waals surface area contributed by atoms with Gasteiger partial charge in [0.1, 0.15) is 10.7 Å². The summed E-state index contributed by atoms with van der Waals surface area (Å²) in [6.07, 6.45) is 0. The number of hydrogen-bond acceptors (Lipinski definition) is 5. The van der Waals surface area contributed by atoms with Gasteiger partial charge < -0.3 is 0 Å². The fourth-order valence-corrected chi connectivity index (χ4v) is 4.20. The summed E-state index contributed by atoms with van der Waals surface area (Å²) in [7, 11) is -4.01. The van der Waals surface area contributed by atoms with Crippen LogP contribution in [0.3, 0.4) is 0 Å². The van der Waals surface area contributed by atoms with Crippen molar-refractivity contribution in [1.82, 2.24) is 15.2 Å². The van der Waals surface area contributed by atoms with E-state index >= 15 is 0 Å². The van der Waals surface area contributed by atoms with Crippen molar-refractivity contribution >= 4 is 39.3 Å². The highest BCUT2D eigenvalue weighted by Gasteiger charge is 2.20. The number of sulfonamides is 1. The molecule has 10 heteroatoms. The Bertz CT molecular complexity index is 980. The van der Waals surface area contributed by atoms with Gasteiger partial charge in [-0.1, -0.05) is 53.7 Å². The number of nitrogens with one attached hydrogen (secondary N) is 2. The molecule has 0 saturated carbocycles. The molecular weight excluding hydrogens is 387 g/mol. The molecule has 130 valence electrons. The minimum Gasteiger partial charge on any atom is -0.247 e. The van der Waals surface area contributed by atoms with Crippen LogP contribution in [-0.2, 0) is 15.8 Å². The molecule has 0 saturated heterocycles. The van der Waals surface area contributed by atoms with Crippen LogP contribution in [0.1, 0.15) is 5.56 Å². The number of aromatic amines is 1. The quantitative estimate of drug-likeness (QED) is 0.618. The van der Waals surface area contributed by atoms with Gasteiger partial charge in [-0.25, -0.2) is 22.6 Å². The van der Waals surface area contributed by atoms with Gasteiger partial charge in [0, 0.05) is 5.75 Å². The van der Waals surface area contributed by atoms with Gasteiger partial charge in [0.05, 0.1) is 5.02 Å². The van der Waals surface area contributed by atoms with E-state index in [1.807, 2.05) is 30.3 Å². The zero-order valence-electron chi connectivity index (χ0n) is 12.6. The van der Waals surface area contributed by atoms with Crippen LogP contribution in [0.4, 0.5) is 10.3 Å². The summed E-state index contributed by atoms with van der Waals surface area (Å²) >= 11 is 7.15. The Kier molecular flexibility index (Phi) is 5.26. The maximum atomic E-state index is 13.1. The van der Waals surface area contributed by atoms with Crippen LogP contribution in [-0.4, -0.2) is 23.6 Å². The van der Waals surface area contributed by atoms with Crippen LogP contribution in [0.5, 0.6) is 0 Å². The van der Waals surface area contributed by atoms with Crippen LogP contribution in [0.2, 0.25) is 5.02 Å². The third kappa shape index (κ3) is 4.50. The van der Waals surface area contributed by atoms with Crippen molar-refractivity contribution in [2.75, 3.05) is 4.72 Å². The van der Waals surface area contributed by atoms with Crippen molar-refractivity contribution in [3.8, 4) is 0 Å². The molecule has 0 amide bonds. The van der Waals surface area contributed by atoms with Crippen LogP contribution >= 0.6 is 23.4 Å². The highest BCUT2D eigenvalue weighted by Crippen LogP contribution is 2.25. The van der Waals surface area contributed by atoms with Gasteiger partial charge in [-0.15, -0.1) is 5.10 Å². The largest absolute Gasteiger partial charge is 0.265 e. The number of anilines is 1. The fraction of sp³-hybridized carbons (Fsp3) is 0.0667. The monoisotopic (exact) mass is 398 g/mol. The molecule has 2 N–H and O–H groups in total. The molecule has 25 heavy (non-hydrogen) atoms. The second-order valence-corrected chi connectivity index (χ2v) is 7.92. The Morgan fingerprint density at radius 3 is 2.68 bits per heavy atom. The van der Waals surface area contributed by atoms with E-state index in [0.29, 0.717) is 10.9 Å². The van der Waals surface area contributed by atoms with Crippen LogP contribution < -0.4 is 4.72 Å². The number of hydrogen-bond donors (Lipinski definition) is 2. The smallest absolute Gasteiger partial charge is 0.247 e. The van der Waals surface area contributed by atoms with E-state index in [2.05, 4.69) is 19.9 Å². The van der Waals surface area contributed by atoms with Gasteiger partial charge in [0.15, 0.2) is 0 Å². The predicted molar refractivity (Wildman–Crippen MR) is 94.6 cm³/mol. The van der Waals surface area contributed by atoms with Crippen molar-refractivity contribution in [2.24, 2.45) is 0 Å². The molecule has 1 heterocycles. The minimum atomic E-state index is -4.01. The lowest BCUT2D eigenvalue weighted by atomic mass is 10.2. The molecule has 6 nitrogen and oxygen atoms in total. The van der Waals surface area contributed by atoms with Gasteiger partial charge in [0.2, 0.25) is 11.1 Å². The number of nitrogens with zero attached hydrogens (tertiary/aromatic N) is 2. The van der Waals surface area contributed by atoms with Gasteiger partial charge in [-0.05, 0) is 23.8 Å². The third-order valence-corrected chi connectivity index (χ3v) is 5.83. The summed E-state index contributed by atoms with van der Waals surface area (Å²) < 4.78 is 39.9. The van der Waals surface area contributed by atoms with Gasteiger partial charge in [-0.3, -0.25) is 0 Å². The summed E-state index contributed by atoms with van der Waals surface area (Å²) in [5.74, 6) is -0.0199. The maximum Gasteiger partial charge on any atom is 0.265 e. The Labute approximate surface area is 152 Å². The van der Waals surface area contributed by atoms with Crippen LogP contribution in [0.25, 0.3) is 0 Å². The summed E-state index contributed by atoms with van der Waals surface area (Å²) in [6.45, 7) is 0. The predicted octanol–water partition coefficient (Wildman–Crippen LogP) is 3.69. The maximum absolute atomic E-state index is 13.1. The number of aromatic nitrogens is 3. The number of thioether (sulfide) groups is 1. The Balaban J connectivity index is 1.70. The lowest BCUT2D eigenvalue weighted by molar-refractivity contribution is 0.599. The number of halogens is 2. The minimum absolute atomic E-state index is 0.0454. The third-order valence-electron chi connectivity index (χ3n) is 3.09. The van der Waals surface area contributed by atoms with Crippen molar-refractivity contribution < 1.29 is 12.8 Å². The molecule has 0 radical (unpaired) electrons. The van der Waals surface area contributed by atoms with E-state index in [1.54, 1.807) is 0 Å². The molecule has 3 aromatic rings. The molecular formula is C15H12ClFN4O2S2. The molecule has 3 rings (SSSR count). The van der Waals surface area contributed by atoms with E-state index in [9.17, 15) is 12.8 Å². The summed E-state index contributed by atoms with van der Waals surface area (Å²) in [5, 5.41) is 6.64. The highest BCUT2D eigenvalue weighted by atomic mass is 35.5. The van der Waals surface area contributed by atoms with Gasteiger partial charge in [-0.2, -0.15) is 4.98 Å². The standard InChI is InChI=1S/C15H12ClFN4O2S2/c16-12-8-11(17)6-7-13(12)25(22,23)21-14-18-15(20-19-14)24-9-10-4-2-1-3-5-10/h1-8H,9H2,(H2,18,19,20,21). The summed E-state index contributed by atoms with van der Waals surface area (Å²) in [6, 6.07) is 12.8. The molecule has 0 atom stereocenters. The van der Waals surface area contributed by atoms with Crippen LogP contribution in [0.15, 0.2) is 58.6 Å². The van der Waals surface area contributed by atoms with Crippen molar-refractivity contribution in [1.29, 1.82) is 0 Å². The SMILES string of the molecule is O=S(=O)(Nc1nc(SCc2ccccc2)n[nH]1)c1ccc(F)cc1Cl. The number of benzene rings is 2. The van der Waals surface area contributed by atoms with Crippen molar-refractivity contribution in [3.05, 3.63) is 64.9 Å². The highest BCUT2D eigenvalue weighted by molar-refractivity contribution is 7.98. The lowest BCUT2D eigenvalue weighted by Gasteiger charge is -2.06. The van der Waals surface area contributed by atoms with E-state index in [4.69, 9.17) is 11.6 Å². The first kappa shape index (κ1) is 17.7. The zero-order chi connectivity index (χ0) is 17.9. The Morgan fingerprint density at radius 2 is 1.96 bits per heavy atom. The van der Waals surface area contributed by atoms with E-state index in [1.165, 1.54) is 11.8 Å². The number of H-pyrrole nitrogens is 1. The zero-order valence-corrected chi connectivity index (χ0v) is 15.0. The van der Waals surface area contributed by atoms with Gasteiger partial charge in [0.25, 0.3) is 10.0 Å². The van der Waals surface area contributed by atoms with Crippen LogP contribution in [0, 0.1) is 5.82 Å². The number of rotatable bonds is 6. The normalized spacial score (nSPS) is 11.4. The lowest BCUT2D eigenvalue weighted by Crippen LogP contribution is -2.14. The first-order chi connectivity index (χ1) is 11.9. The summed E-state index contributed by atoms with van der Waals surface area (Å²) in [5.41, 5.74) is 1.09. The summed E-state index contributed by atoms with van der Waals surface area (Å²) in [4.78, 5) is 3.83. The Hall–Kier alpha value is -2.10. The average molecular weight is 399 g/mol. The topological polar surface area (TPSA) is 87.7 Å². The molecule has 0 bridgehead atoms. The first-order valence-electron chi connectivity index (χ1n) is 7.01. The van der Waals surface area contributed by atoms with E-state index in [-0.39, 0.29) is 15.9 Å². The molecule has 1 aromatic heterocycles. The molecule has 0 aliphatic carbocycles. The van der Waals surface area contributed by atoms with Crippen molar-refractivity contribution in [3.63, 3.8) is 0 Å². The Morgan fingerprint density at radius 1 is 1.20 bits per heavy atom. The second kappa shape index (κ2) is 7.42. The van der Waals surface area contributed by atoms with E-state index < -0.39 is 15.8 Å². The molecule has 0 unspecified atom stereocenters. The molecule has 0 aliphatic heterocycles.